The Bertz CT molecular complexity index is 2300. The summed E-state index contributed by atoms with van der Waals surface area (Å²) in [6, 6.07) is 50.8. The van der Waals surface area contributed by atoms with Gasteiger partial charge in [-0.2, -0.15) is 0 Å². The number of hydrogen-bond acceptors (Lipinski definition) is 1. The molecule has 1 aliphatic rings. The molecule has 0 radical (unpaired) electrons. The van der Waals surface area contributed by atoms with Gasteiger partial charge >= 0.3 is 0 Å². The lowest BCUT2D eigenvalue weighted by molar-refractivity contribution is 1.50. The minimum absolute atomic E-state index is 1.03. The number of aromatic nitrogens is 1. The molecule has 0 unspecified atom stereocenters. The summed E-state index contributed by atoms with van der Waals surface area (Å²) in [5, 5.41) is 7.54. The van der Waals surface area contributed by atoms with Gasteiger partial charge in [-0.3, -0.25) is 0 Å². The fourth-order valence-electron chi connectivity index (χ4n) is 6.68. The van der Waals surface area contributed by atoms with E-state index in [2.05, 4.69) is 140 Å². The van der Waals surface area contributed by atoms with Crippen LogP contribution in [-0.4, -0.2) is 4.98 Å². The number of pyridine rings is 1. The van der Waals surface area contributed by atoms with Gasteiger partial charge in [-0.25, -0.2) is 4.98 Å². The summed E-state index contributed by atoms with van der Waals surface area (Å²) in [7, 11) is 0. The molecule has 0 amide bonds. The van der Waals surface area contributed by atoms with Gasteiger partial charge in [0.1, 0.15) is 0 Å². The van der Waals surface area contributed by atoms with E-state index in [1.54, 1.807) is 0 Å². The molecule has 9 rings (SSSR count). The van der Waals surface area contributed by atoms with Gasteiger partial charge in [0, 0.05) is 10.8 Å². The van der Waals surface area contributed by atoms with E-state index < -0.39 is 0 Å². The summed E-state index contributed by atoms with van der Waals surface area (Å²) in [6.07, 6.45) is 0. The summed E-state index contributed by atoms with van der Waals surface area (Å²) in [5.74, 6) is 0. The zero-order valence-corrected chi connectivity index (χ0v) is 21.7. The number of hydrogen-bond donors (Lipinski definition) is 0. The van der Waals surface area contributed by atoms with E-state index in [1.807, 2.05) is 0 Å². The van der Waals surface area contributed by atoms with Crippen LogP contribution in [0.3, 0.4) is 0 Å². The lowest BCUT2D eigenvalue weighted by Gasteiger charge is -2.12. The van der Waals surface area contributed by atoms with E-state index in [0.717, 1.165) is 11.0 Å². The van der Waals surface area contributed by atoms with Crippen LogP contribution >= 0.6 is 0 Å². The zero-order chi connectivity index (χ0) is 26.2. The summed E-state index contributed by atoms with van der Waals surface area (Å²) >= 11 is 0. The minimum atomic E-state index is 1.03. The Morgan fingerprint density at radius 1 is 0.325 bits per heavy atom. The molecule has 0 atom stereocenters. The van der Waals surface area contributed by atoms with Crippen LogP contribution in [0.25, 0.3) is 87.9 Å². The third-order valence-corrected chi connectivity index (χ3v) is 8.58. The molecule has 8 aromatic rings. The van der Waals surface area contributed by atoms with Gasteiger partial charge in [0.25, 0.3) is 0 Å². The molecule has 0 bridgehead atoms. The first kappa shape index (κ1) is 21.6. The van der Waals surface area contributed by atoms with Crippen molar-refractivity contribution in [2.24, 2.45) is 0 Å². The van der Waals surface area contributed by atoms with E-state index >= 15 is 0 Å². The molecule has 0 fully saturated rings. The molecule has 1 aliphatic carbocycles. The van der Waals surface area contributed by atoms with Crippen LogP contribution in [0.2, 0.25) is 0 Å². The molecule has 1 heterocycles. The van der Waals surface area contributed by atoms with Gasteiger partial charge < -0.3 is 0 Å². The molecule has 0 saturated carbocycles. The zero-order valence-electron chi connectivity index (χ0n) is 21.7. The highest BCUT2D eigenvalue weighted by molar-refractivity contribution is 6.16. The predicted octanol–water partition coefficient (Wildman–Crippen LogP) is 10.7. The molecule has 0 N–H and O–H groups in total. The number of rotatable bonds is 2. The molecule has 7 aromatic carbocycles. The van der Waals surface area contributed by atoms with E-state index in [-0.39, 0.29) is 0 Å². The average Bonchev–Trinajstić information content (AvgIpc) is 3.34. The monoisotopic (exact) mass is 505 g/mol. The second-order valence-corrected chi connectivity index (χ2v) is 10.8. The smallest absolute Gasteiger partial charge is 0.0722 e. The van der Waals surface area contributed by atoms with Crippen molar-refractivity contribution in [2.45, 2.75) is 0 Å². The third kappa shape index (κ3) is 3.06. The quantitative estimate of drug-likeness (QED) is 0.168. The maximum absolute atomic E-state index is 5.05. The van der Waals surface area contributed by atoms with Gasteiger partial charge in [0.15, 0.2) is 0 Å². The predicted molar refractivity (Wildman–Crippen MR) is 170 cm³/mol. The van der Waals surface area contributed by atoms with E-state index in [4.69, 9.17) is 4.98 Å². The van der Waals surface area contributed by atoms with Crippen molar-refractivity contribution < 1.29 is 0 Å². The maximum Gasteiger partial charge on any atom is 0.0722 e. The fourth-order valence-corrected chi connectivity index (χ4v) is 6.68. The maximum atomic E-state index is 5.05. The molecule has 184 valence electrons. The van der Waals surface area contributed by atoms with Gasteiger partial charge in [0.2, 0.25) is 0 Å². The molecule has 0 aliphatic heterocycles. The number of nitrogens with zero attached hydrogens (tertiary/aromatic N) is 1. The first-order valence-corrected chi connectivity index (χ1v) is 13.8. The summed E-state index contributed by atoms with van der Waals surface area (Å²) < 4.78 is 0. The Hall–Kier alpha value is -5.27. The minimum Gasteiger partial charge on any atom is -0.248 e. The standard InChI is InChI=1S/C39H23N/c1-4-14-37-28(7-1)22-36-30-11-3-2-10-29(30)34(23-38(36)40-37)25-17-15-24(16-18-25)27-19-20-31-32-12-5-8-26-9-6-13-33(39(26)32)35(31)21-27/h1-23H. The lowest BCUT2D eigenvalue weighted by Crippen LogP contribution is -1.88. The summed E-state index contributed by atoms with van der Waals surface area (Å²) in [6.45, 7) is 0. The molecule has 0 spiro atoms. The average molecular weight is 506 g/mol. The lowest BCUT2D eigenvalue weighted by atomic mass is 9.92. The topological polar surface area (TPSA) is 12.9 Å². The fraction of sp³-hybridized carbons (Fsp3) is 0. The highest BCUT2D eigenvalue weighted by atomic mass is 14.7. The third-order valence-electron chi connectivity index (χ3n) is 8.58. The molecule has 40 heavy (non-hydrogen) atoms. The van der Waals surface area contributed by atoms with Crippen molar-refractivity contribution in [3.8, 4) is 44.5 Å². The largest absolute Gasteiger partial charge is 0.248 e. The van der Waals surface area contributed by atoms with Gasteiger partial charge in [0.05, 0.1) is 11.0 Å². The van der Waals surface area contributed by atoms with Crippen LogP contribution in [0, 0.1) is 0 Å². The highest BCUT2D eigenvalue weighted by Crippen LogP contribution is 2.48. The molecule has 1 nitrogen and oxygen atoms in total. The first-order chi connectivity index (χ1) is 19.8. The van der Waals surface area contributed by atoms with Crippen LogP contribution in [0.1, 0.15) is 0 Å². The SMILES string of the molecule is c1ccc2nc3cc(-c4ccc(-c5ccc6c(c5)-c5cccc7cccc-6c57)cc4)c4ccccc4c3cc2c1. The van der Waals surface area contributed by atoms with Crippen molar-refractivity contribution >= 4 is 43.4 Å². The molecular formula is C39H23N. The van der Waals surface area contributed by atoms with Crippen molar-refractivity contribution in [1.82, 2.24) is 4.98 Å². The molecule has 1 heteroatoms. The number of para-hydroxylation sites is 1. The van der Waals surface area contributed by atoms with Crippen LogP contribution < -0.4 is 0 Å². The van der Waals surface area contributed by atoms with Crippen molar-refractivity contribution in [3.05, 3.63) is 140 Å². The van der Waals surface area contributed by atoms with Gasteiger partial charge in [-0.05, 0) is 90.3 Å². The van der Waals surface area contributed by atoms with Crippen molar-refractivity contribution in [2.75, 3.05) is 0 Å². The van der Waals surface area contributed by atoms with Crippen LogP contribution in [0.4, 0.5) is 0 Å². The molecular weight excluding hydrogens is 482 g/mol. The summed E-state index contributed by atoms with van der Waals surface area (Å²) in [5.41, 5.74) is 12.3. The highest BCUT2D eigenvalue weighted by Gasteiger charge is 2.21. The second kappa shape index (κ2) is 8.11. The van der Waals surface area contributed by atoms with Crippen LogP contribution in [0.15, 0.2) is 140 Å². The van der Waals surface area contributed by atoms with Crippen molar-refractivity contribution in [1.29, 1.82) is 0 Å². The first-order valence-electron chi connectivity index (χ1n) is 13.8. The molecule has 1 aromatic heterocycles. The molecule has 0 saturated heterocycles. The van der Waals surface area contributed by atoms with E-state index in [9.17, 15) is 0 Å². The Morgan fingerprint density at radius 2 is 1.00 bits per heavy atom. The summed E-state index contributed by atoms with van der Waals surface area (Å²) in [4.78, 5) is 5.05. The van der Waals surface area contributed by atoms with Crippen LogP contribution in [0.5, 0.6) is 0 Å². The van der Waals surface area contributed by atoms with Gasteiger partial charge in [-0.15, -0.1) is 0 Å². The Labute approximate surface area is 232 Å². The number of benzene rings is 7. The normalized spacial score (nSPS) is 12.0. The number of fused-ring (bicyclic) bond motifs is 7. The Balaban J connectivity index is 1.17. The Kier molecular flexibility index (Phi) is 4.39. The second-order valence-electron chi connectivity index (χ2n) is 10.8. The van der Waals surface area contributed by atoms with E-state index in [1.165, 1.54) is 76.8 Å². The van der Waals surface area contributed by atoms with Gasteiger partial charge in [-0.1, -0.05) is 115 Å². The van der Waals surface area contributed by atoms with E-state index in [0.29, 0.717) is 0 Å². The van der Waals surface area contributed by atoms with Crippen LogP contribution in [-0.2, 0) is 0 Å². The Morgan fingerprint density at radius 3 is 1.85 bits per heavy atom. The van der Waals surface area contributed by atoms with Crippen molar-refractivity contribution in [3.63, 3.8) is 0 Å².